The number of anilines is 1. The lowest BCUT2D eigenvalue weighted by molar-refractivity contribution is -0.255. The van der Waals surface area contributed by atoms with Gasteiger partial charge in [0.25, 0.3) is 5.91 Å². The first-order valence-electron chi connectivity index (χ1n) is 7.50. The number of carbonyl (C=O) groups excluding carboxylic acids is 4. The van der Waals surface area contributed by atoms with Crippen LogP contribution in [0.5, 0.6) is 0 Å². The van der Waals surface area contributed by atoms with Crippen LogP contribution < -0.4 is 10.0 Å². The lowest BCUT2D eigenvalue weighted by Crippen LogP contribution is -2.34. The summed E-state index contributed by atoms with van der Waals surface area (Å²) in [7, 11) is 0. The second kappa shape index (κ2) is 5.88. The van der Waals surface area contributed by atoms with Crippen LogP contribution in [0.25, 0.3) is 0 Å². The monoisotopic (exact) mass is 369 g/mol. The number of carboxylic acids is 1. The smallest absolute Gasteiger partial charge is 0.278 e. The predicted molar refractivity (Wildman–Crippen MR) is 87.7 cm³/mol. The van der Waals surface area contributed by atoms with Crippen LogP contribution in [0.3, 0.4) is 0 Å². The fourth-order valence-corrected chi connectivity index (χ4v) is 3.57. The van der Waals surface area contributed by atoms with Crippen LogP contribution in [0.4, 0.5) is 5.69 Å². The summed E-state index contributed by atoms with van der Waals surface area (Å²) >= 11 is 1.20. The summed E-state index contributed by atoms with van der Waals surface area (Å²) in [6, 6.07) is 8.39. The number of Topliss-reactive ketones (excluding diaryl/α,β-unsaturated/α-hetero) is 1. The van der Waals surface area contributed by atoms with Crippen molar-refractivity contribution in [3.05, 3.63) is 52.2 Å². The molecule has 1 fully saturated rings. The van der Waals surface area contributed by atoms with E-state index in [4.69, 9.17) is 4.84 Å². The van der Waals surface area contributed by atoms with Crippen LogP contribution >= 0.6 is 11.3 Å². The van der Waals surface area contributed by atoms with Gasteiger partial charge in [-0.3, -0.25) is 14.4 Å². The molecule has 1 aromatic carbocycles. The van der Waals surface area contributed by atoms with Crippen LogP contribution in [0, 0.1) is 5.92 Å². The van der Waals surface area contributed by atoms with E-state index >= 15 is 0 Å². The van der Waals surface area contributed by atoms with Gasteiger partial charge in [-0.15, -0.1) is 11.3 Å². The standard InChI is InChI=1S/C17H10N2O6S/c20-13(10-2-1-7-26-10)12-11-14(25-18-12)16(22)19(15(11)21)9-5-3-8(4-6-9)17(23)24/h1-7,11,14H,(H,23,24)/p-1/t11-,14+/m1/s1. The van der Waals surface area contributed by atoms with Crippen molar-refractivity contribution < 1.29 is 29.1 Å². The van der Waals surface area contributed by atoms with Crippen molar-refractivity contribution in [1.82, 2.24) is 0 Å². The third-order valence-corrected chi connectivity index (χ3v) is 5.02. The minimum absolute atomic E-state index is 0.0839. The predicted octanol–water partition coefficient (Wildman–Crippen LogP) is 0.239. The van der Waals surface area contributed by atoms with Gasteiger partial charge in [0.05, 0.1) is 16.5 Å². The molecule has 0 spiro atoms. The van der Waals surface area contributed by atoms with Gasteiger partial charge in [0.15, 0.2) is 0 Å². The largest absolute Gasteiger partial charge is 0.545 e. The topological polar surface area (TPSA) is 116 Å². The summed E-state index contributed by atoms with van der Waals surface area (Å²) in [5.74, 6) is -4.23. The Labute approximate surface area is 150 Å². The normalized spacial score (nSPS) is 21.4. The number of hydrogen-bond donors (Lipinski definition) is 0. The summed E-state index contributed by atoms with van der Waals surface area (Å²) < 4.78 is 0. The molecule has 0 aliphatic carbocycles. The second-order valence-electron chi connectivity index (χ2n) is 5.63. The minimum atomic E-state index is -1.37. The van der Waals surface area contributed by atoms with E-state index in [1.807, 2.05) is 0 Å². The van der Waals surface area contributed by atoms with E-state index in [1.54, 1.807) is 17.5 Å². The quantitative estimate of drug-likeness (QED) is 0.563. The number of ketones is 1. The number of nitrogens with zero attached hydrogens (tertiary/aromatic N) is 2. The molecule has 26 heavy (non-hydrogen) atoms. The highest BCUT2D eigenvalue weighted by Crippen LogP contribution is 2.34. The van der Waals surface area contributed by atoms with E-state index in [1.165, 1.54) is 35.6 Å². The van der Waals surface area contributed by atoms with E-state index in [0.717, 1.165) is 4.90 Å². The highest BCUT2D eigenvalue weighted by molar-refractivity contribution is 7.13. The zero-order chi connectivity index (χ0) is 18.4. The van der Waals surface area contributed by atoms with Gasteiger partial charge in [-0.25, -0.2) is 4.90 Å². The number of amides is 2. The highest BCUT2D eigenvalue weighted by atomic mass is 32.1. The Morgan fingerprint density at radius 2 is 1.85 bits per heavy atom. The zero-order valence-electron chi connectivity index (χ0n) is 12.9. The molecule has 2 aromatic rings. The Hall–Kier alpha value is -3.33. The van der Waals surface area contributed by atoms with Crippen LogP contribution in [-0.2, 0) is 14.4 Å². The molecule has 130 valence electrons. The lowest BCUT2D eigenvalue weighted by atomic mass is 9.96. The first-order valence-corrected chi connectivity index (χ1v) is 8.38. The molecular weight excluding hydrogens is 360 g/mol. The molecule has 0 saturated carbocycles. The van der Waals surface area contributed by atoms with Gasteiger partial charge in [0.2, 0.25) is 17.8 Å². The van der Waals surface area contributed by atoms with Crippen LogP contribution in [-0.4, -0.2) is 35.4 Å². The number of rotatable bonds is 4. The number of benzene rings is 1. The van der Waals surface area contributed by atoms with Crippen molar-refractivity contribution in [2.45, 2.75) is 6.10 Å². The van der Waals surface area contributed by atoms with Gasteiger partial charge >= 0.3 is 0 Å². The molecule has 0 unspecified atom stereocenters. The van der Waals surface area contributed by atoms with Crippen molar-refractivity contribution in [2.75, 3.05) is 4.90 Å². The summed E-state index contributed by atoms with van der Waals surface area (Å²) in [5.41, 5.74) is -0.00464. The maximum Gasteiger partial charge on any atom is 0.278 e. The SMILES string of the molecule is O=C([O-])c1ccc(N2C(=O)[C@@H]3C(C(=O)c4cccs4)=NO[C@@H]3C2=O)cc1. The average molecular weight is 369 g/mol. The van der Waals surface area contributed by atoms with Crippen molar-refractivity contribution in [2.24, 2.45) is 11.1 Å². The first-order chi connectivity index (χ1) is 12.5. The van der Waals surface area contributed by atoms with Crippen LogP contribution in [0.1, 0.15) is 20.0 Å². The molecule has 4 rings (SSSR count). The maximum atomic E-state index is 12.8. The van der Waals surface area contributed by atoms with Crippen LogP contribution in [0.15, 0.2) is 46.9 Å². The Morgan fingerprint density at radius 1 is 1.12 bits per heavy atom. The molecule has 2 aliphatic heterocycles. The van der Waals surface area contributed by atoms with Crippen LogP contribution in [0.2, 0.25) is 0 Å². The maximum absolute atomic E-state index is 12.8. The number of thiophene rings is 1. The number of oxime groups is 1. The Balaban J connectivity index is 1.64. The molecule has 0 radical (unpaired) electrons. The number of carboxylic acid groups (broad SMARTS) is 1. The van der Waals surface area contributed by atoms with Gasteiger partial charge in [0.1, 0.15) is 11.6 Å². The van der Waals surface area contributed by atoms with Crippen molar-refractivity contribution >= 4 is 46.3 Å². The minimum Gasteiger partial charge on any atom is -0.545 e. The van der Waals surface area contributed by atoms with Gasteiger partial charge in [0, 0.05) is 0 Å². The third-order valence-electron chi connectivity index (χ3n) is 4.15. The molecule has 1 saturated heterocycles. The number of aromatic carboxylic acids is 1. The van der Waals surface area contributed by atoms with E-state index in [9.17, 15) is 24.3 Å². The molecular formula is C17H9N2O6S-. The Morgan fingerprint density at radius 3 is 2.46 bits per heavy atom. The second-order valence-corrected chi connectivity index (χ2v) is 6.58. The molecule has 1 aromatic heterocycles. The lowest BCUT2D eigenvalue weighted by Gasteiger charge is -2.15. The molecule has 2 aliphatic rings. The summed E-state index contributed by atoms with van der Waals surface area (Å²) in [6.45, 7) is 0. The summed E-state index contributed by atoms with van der Waals surface area (Å²) in [4.78, 5) is 55.0. The summed E-state index contributed by atoms with van der Waals surface area (Å²) in [5, 5.41) is 16.2. The number of hydrogen-bond acceptors (Lipinski definition) is 8. The molecule has 2 amide bonds. The Kier molecular flexibility index (Phi) is 3.66. The fraction of sp³-hybridized carbons (Fsp3) is 0.118. The van der Waals surface area contributed by atoms with E-state index in [0.29, 0.717) is 4.88 Å². The van der Waals surface area contributed by atoms with Gasteiger partial charge < -0.3 is 14.7 Å². The highest BCUT2D eigenvalue weighted by Gasteiger charge is 2.57. The molecule has 2 atom stereocenters. The van der Waals surface area contributed by atoms with Crippen molar-refractivity contribution in [3.8, 4) is 0 Å². The molecule has 3 heterocycles. The fourth-order valence-electron chi connectivity index (χ4n) is 2.90. The average Bonchev–Trinajstić information content (AvgIpc) is 3.35. The van der Waals surface area contributed by atoms with E-state index in [2.05, 4.69) is 5.16 Å². The van der Waals surface area contributed by atoms with Crippen molar-refractivity contribution in [1.29, 1.82) is 0 Å². The van der Waals surface area contributed by atoms with E-state index in [-0.39, 0.29) is 17.0 Å². The molecule has 0 bridgehead atoms. The molecule has 8 nitrogen and oxygen atoms in total. The number of imide groups is 1. The van der Waals surface area contributed by atoms with E-state index < -0.39 is 35.6 Å². The number of carbonyl (C=O) groups is 4. The van der Waals surface area contributed by atoms with Gasteiger partial charge in [-0.05, 0) is 29.1 Å². The molecule has 0 N–H and O–H groups in total. The number of fused-ring (bicyclic) bond motifs is 1. The summed E-state index contributed by atoms with van der Waals surface area (Å²) in [6.07, 6.45) is -1.19. The van der Waals surface area contributed by atoms with Crippen molar-refractivity contribution in [3.63, 3.8) is 0 Å². The van der Waals surface area contributed by atoms with Gasteiger partial charge in [-0.2, -0.15) is 0 Å². The first kappa shape index (κ1) is 16.2. The zero-order valence-corrected chi connectivity index (χ0v) is 13.8. The third kappa shape index (κ3) is 2.32. The molecule has 9 heteroatoms. The Bertz CT molecular complexity index is 964. The van der Waals surface area contributed by atoms with Gasteiger partial charge in [-0.1, -0.05) is 23.4 Å².